The second kappa shape index (κ2) is 6.12. The van der Waals surface area contributed by atoms with E-state index in [1.807, 2.05) is 6.92 Å². The lowest BCUT2D eigenvalue weighted by Gasteiger charge is -2.03. The Hall–Kier alpha value is -2.77. The molecule has 2 N–H and O–H groups in total. The minimum Gasteiger partial charge on any atom is -0.364 e. The van der Waals surface area contributed by atoms with E-state index in [0.29, 0.717) is 18.5 Å². The third-order valence-electron chi connectivity index (χ3n) is 2.94. The van der Waals surface area contributed by atoms with Crippen LogP contribution in [-0.4, -0.2) is 25.6 Å². The Morgan fingerprint density at radius 1 is 1.48 bits per heavy atom. The predicted octanol–water partition coefficient (Wildman–Crippen LogP) is 1.29. The zero-order valence-electron chi connectivity index (χ0n) is 11.5. The van der Waals surface area contributed by atoms with E-state index in [9.17, 15) is 14.9 Å². The van der Waals surface area contributed by atoms with Crippen molar-refractivity contribution in [2.75, 3.05) is 0 Å². The van der Waals surface area contributed by atoms with Crippen LogP contribution in [0.2, 0.25) is 0 Å². The molecule has 0 bridgehead atoms. The summed E-state index contributed by atoms with van der Waals surface area (Å²) >= 11 is 0. The standard InChI is InChI=1S/C13H15N5O3/c1-2-5-10-11(18(20)21)12(13(14)19)17(16-10)8-9-6-3-4-7-15-9/h3-4,6-7H,2,5,8H2,1H3,(H2,14,19). The van der Waals surface area contributed by atoms with Gasteiger partial charge >= 0.3 is 5.69 Å². The van der Waals surface area contributed by atoms with Gasteiger partial charge in [0.2, 0.25) is 5.69 Å². The largest absolute Gasteiger partial charge is 0.364 e. The predicted molar refractivity (Wildman–Crippen MR) is 74.7 cm³/mol. The molecule has 0 fully saturated rings. The second-order valence-electron chi connectivity index (χ2n) is 4.49. The highest BCUT2D eigenvalue weighted by atomic mass is 16.6. The van der Waals surface area contributed by atoms with Gasteiger partial charge in [-0.3, -0.25) is 19.9 Å². The van der Waals surface area contributed by atoms with Gasteiger partial charge < -0.3 is 5.73 Å². The van der Waals surface area contributed by atoms with E-state index in [1.54, 1.807) is 24.4 Å². The molecule has 0 radical (unpaired) electrons. The molecule has 8 heteroatoms. The van der Waals surface area contributed by atoms with Crippen LogP contribution in [0.25, 0.3) is 0 Å². The van der Waals surface area contributed by atoms with Crippen molar-refractivity contribution in [3.63, 3.8) is 0 Å². The quantitative estimate of drug-likeness (QED) is 0.635. The van der Waals surface area contributed by atoms with Crippen molar-refractivity contribution in [1.82, 2.24) is 14.8 Å². The topological polar surface area (TPSA) is 117 Å². The summed E-state index contributed by atoms with van der Waals surface area (Å²) in [5.41, 5.74) is 5.71. The Kier molecular flexibility index (Phi) is 4.27. The molecule has 0 saturated carbocycles. The number of hydrogen-bond acceptors (Lipinski definition) is 5. The summed E-state index contributed by atoms with van der Waals surface area (Å²) in [6, 6.07) is 5.29. The summed E-state index contributed by atoms with van der Waals surface area (Å²) in [7, 11) is 0. The van der Waals surface area contributed by atoms with Crippen LogP contribution in [0.1, 0.15) is 35.2 Å². The Balaban J connectivity index is 2.52. The monoisotopic (exact) mass is 289 g/mol. The molecular weight excluding hydrogens is 274 g/mol. The maximum Gasteiger partial charge on any atom is 0.323 e. The van der Waals surface area contributed by atoms with E-state index in [0.717, 1.165) is 0 Å². The Labute approximate surface area is 120 Å². The molecule has 8 nitrogen and oxygen atoms in total. The molecule has 0 aliphatic rings. The summed E-state index contributed by atoms with van der Waals surface area (Å²) in [4.78, 5) is 26.3. The van der Waals surface area contributed by atoms with Gasteiger partial charge in [0.05, 0.1) is 17.2 Å². The number of nitro groups is 1. The van der Waals surface area contributed by atoms with E-state index in [1.165, 1.54) is 4.68 Å². The molecule has 0 spiro atoms. The molecule has 21 heavy (non-hydrogen) atoms. The van der Waals surface area contributed by atoms with Crippen LogP contribution in [0.4, 0.5) is 5.69 Å². The first-order valence-corrected chi connectivity index (χ1v) is 6.48. The number of nitrogens with two attached hydrogens (primary N) is 1. The number of pyridine rings is 1. The van der Waals surface area contributed by atoms with Crippen molar-refractivity contribution in [2.24, 2.45) is 5.73 Å². The van der Waals surface area contributed by atoms with Gasteiger partial charge in [-0.05, 0) is 18.6 Å². The third kappa shape index (κ3) is 3.04. The molecule has 0 aliphatic carbocycles. The molecule has 0 saturated heterocycles. The highest BCUT2D eigenvalue weighted by Crippen LogP contribution is 2.25. The molecule has 2 aromatic rings. The van der Waals surface area contributed by atoms with Gasteiger partial charge in [-0.25, -0.2) is 4.68 Å². The van der Waals surface area contributed by atoms with E-state index in [4.69, 9.17) is 5.73 Å². The number of carbonyl (C=O) groups excluding carboxylic acids is 1. The van der Waals surface area contributed by atoms with Crippen molar-refractivity contribution >= 4 is 11.6 Å². The van der Waals surface area contributed by atoms with E-state index in [-0.39, 0.29) is 23.6 Å². The summed E-state index contributed by atoms with van der Waals surface area (Å²) in [5.74, 6) is -0.868. The fourth-order valence-electron chi connectivity index (χ4n) is 2.10. The van der Waals surface area contributed by atoms with E-state index < -0.39 is 10.8 Å². The summed E-state index contributed by atoms with van der Waals surface area (Å²) in [6.07, 6.45) is 2.69. The van der Waals surface area contributed by atoms with Crippen LogP contribution in [0, 0.1) is 10.1 Å². The van der Waals surface area contributed by atoms with Crippen LogP contribution < -0.4 is 5.73 Å². The molecule has 2 heterocycles. The smallest absolute Gasteiger partial charge is 0.323 e. The minimum absolute atomic E-state index is 0.156. The van der Waals surface area contributed by atoms with Crippen molar-refractivity contribution in [3.05, 3.63) is 51.6 Å². The van der Waals surface area contributed by atoms with Gasteiger partial charge in [-0.2, -0.15) is 5.10 Å². The lowest BCUT2D eigenvalue weighted by atomic mass is 10.2. The Bertz CT molecular complexity index is 666. The van der Waals surface area contributed by atoms with Crippen molar-refractivity contribution in [3.8, 4) is 0 Å². The number of primary amides is 1. The molecule has 110 valence electrons. The lowest BCUT2D eigenvalue weighted by molar-refractivity contribution is -0.385. The van der Waals surface area contributed by atoms with Crippen molar-refractivity contribution < 1.29 is 9.72 Å². The van der Waals surface area contributed by atoms with Crippen LogP contribution in [-0.2, 0) is 13.0 Å². The first-order valence-electron chi connectivity index (χ1n) is 6.48. The highest BCUT2D eigenvalue weighted by molar-refractivity contribution is 5.95. The zero-order chi connectivity index (χ0) is 15.4. The molecular formula is C13H15N5O3. The Morgan fingerprint density at radius 2 is 2.24 bits per heavy atom. The van der Waals surface area contributed by atoms with E-state index in [2.05, 4.69) is 10.1 Å². The molecule has 0 aliphatic heterocycles. The molecule has 2 rings (SSSR count). The first kappa shape index (κ1) is 14.6. The van der Waals surface area contributed by atoms with Crippen LogP contribution in [0.3, 0.4) is 0 Å². The van der Waals surface area contributed by atoms with Crippen molar-refractivity contribution in [2.45, 2.75) is 26.3 Å². The number of rotatable bonds is 6. The maximum atomic E-state index is 11.6. The zero-order valence-corrected chi connectivity index (χ0v) is 11.5. The fraction of sp³-hybridized carbons (Fsp3) is 0.308. The van der Waals surface area contributed by atoms with Crippen LogP contribution >= 0.6 is 0 Å². The van der Waals surface area contributed by atoms with Gasteiger partial charge in [0.1, 0.15) is 5.69 Å². The van der Waals surface area contributed by atoms with E-state index >= 15 is 0 Å². The molecule has 0 atom stereocenters. The number of aryl methyl sites for hydroxylation is 1. The summed E-state index contributed by atoms with van der Waals surface area (Å²) in [6.45, 7) is 2.04. The van der Waals surface area contributed by atoms with Gasteiger partial charge in [-0.15, -0.1) is 0 Å². The number of carbonyl (C=O) groups is 1. The SMILES string of the molecule is CCCc1nn(Cc2ccccn2)c(C(N)=O)c1[N+](=O)[O-]. The number of amides is 1. The van der Waals surface area contributed by atoms with Gasteiger partial charge in [0.15, 0.2) is 0 Å². The maximum absolute atomic E-state index is 11.6. The first-order chi connectivity index (χ1) is 10.0. The summed E-state index contributed by atoms with van der Waals surface area (Å²) < 4.78 is 1.26. The number of hydrogen-bond donors (Lipinski definition) is 1. The fourth-order valence-corrected chi connectivity index (χ4v) is 2.10. The molecule has 2 aromatic heterocycles. The third-order valence-corrected chi connectivity index (χ3v) is 2.94. The second-order valence-corrected chi connectivity index (χ2v) is 4.49. The molecule has 0 unspecified atom stereocenters. The highest BCUT2D eigenvalue weighted by Gasteiger charge is 2.30. The van der Waals surface area contributed by atoms with Gasteiger partial charge in [0.25, 0.3) is 5.91 Å². The van der Waals surface area contributed by atoms with Crippen LogP contribution in [0.5, 0.6) is 0 Å². The van der Waals surface area contributed by atoms with Crippen LogP contribution in [0.15, 0.2) is 24.4 Å². The minimum atomic E-state index is -0.868. The van der Waals surface area contributed by atoms with Crippen molar-refractivity contribution in [1.29, 1.82) is 0 Å². The van der Waals surface area contributed by atoms with Gasteiger partial charge in [0, 0.05) is 6.20 Å². The Morgan fingerprint density at radius 3 is 2.76 bits per heavy atom. The lowest BCUT2D eigenvalue weighted by Crippen LogP contribution is -2.19. The average Bonchev–Trinajstić information content (AvgIpc) is 2.79. The molecule has 0 aromatic carbocycles. The van der Waals surface area contributed by atoms with Gasteiger partial charge in [-0.1, -0.05) is 19.4 Å². The summed E-state index contributed by atoms with van der Waals surface area (Å²) in [5, 5.41) is 15.4. The molecule has 1 amide bonds. The number of nitrogens with zero attached hydrogens (tertiary/aromatic N) is 4. The number of aromatic nitrogens is 3. The average molecular weight is 289 g/mol. The normalized spacial score (nSPS) is 10.5.